The highest BCUT2D eigenvalue weighted by Gasteiger charge is 2.33. The second-order valence-electron chi connectivity index (χ2n) is 11.0. The van der Waals surface area contributed by atoms with Crippen LogP contribution in [0.25, 0.3) is 27.9 Å². The van der Waals surface area contributed by atoms with Gasteiger partial charge in [-0.2, -0.15) is 5.10 Å². The van der Waals surface area contributed by atoms with Crippen molar-refractivity contribution in [2.45, 2.75) is 30.7 Å². The van der Waals surface area contributed by atoms with Crippen LogP contribution in [-0.4, -0.2) is 55.3 Å². The highest BCUT2D eigenvalue weighted by Crippen LogP contribution is 2.42. The average molecular weight is 645 g/mol. The van der Waals surface area contributed by atoms with E-state index in [1.807, 2.05) is 44.2 Å². The molecule has 3 aromatic carbocycles. The number of halogens is 1. The van der Waals surface area contributed by atoms with Gasteiger partial charge in [0.2, 0.25) is 10.0 Å². The number of carbonyl (C=O) groups is 2. The van der Waals surface area contributed by atoms with Gasteiger partial charge < -0.3 is 15.2 Å². The summed E-state index contributed by atoms with van der Waals surface area (Å²) in [6.07, 6.45) is 1.74. The van der Waals surface area contributed by atoms with Gasteiger partial charge in [-0.3, -0.25) is 4.79 Å². The summed E-state index contributed by atoms with van der Waals surface area (Å²) in [5, 5.41) is 17.0. The standard InChI is InChI=1S/C34H33FN4O6S/c1-34(2,23-10-5-4-6-11-23)37-32(41)25-17-18-27(46(43,44)36-19-9-21-40)30(28(25)22-13-15-24(35)16-14-22)31-29(33(42)45-3)26-12-7-8-20-39(26)38-31/h4-8,10-18,20,36,40H,9,19,21H2,1-3H3,(H,37,41). The van der Waals surface area contributed by atoms with Crippen LogP contribution < -0.4 is 10.0 Å². The zero-order valence-electron chi connectivity index (χ0n) is 25.5. The van der Waals surface area contributed by atoms with E-state index < -0.39 is 33.3 Å². The zero-order valence-corrected chi connectivity index (χ0v) is 26.3. The molecule has 0 aliphatic rings. The van der Waals surface area contributed by atoms with Gasteiger partial charge in [0.1, 0.15) is 17.1 Å². The first-order valence-electron chi connectivity index (χ1n) is 14.5. The first-order chi connectivity index (χ1) is 22.0. The molecule has 2 heterocycles. The number of aromatic nitrogens is 2. The summed E-state index contributed by atoms with van der Waals surface area (Å²) < 4.78 is 51.0. The summed E-state index contributed by atoms with van der Waals surface area (Å²) in [7, 11) is -3.13. The van der Waals surface area contributed by atoms with Gasteiger partial charge in [0, 0.05) is 36.0 Å². The molecule has 0 unspecified atom stereocenters. The van der Waals surface area contributed by atoms with Crippen molar-refractivity contribution in [3.8, 4) is 22.4 Å². The fourth-order valence-electron chi connectivity index (χ4n) is 5.27. The molecule has 5 aromatic rings. The van der Waals surface area contributed by atoms with Crippen molar-refractivity contribution < 1.29 is 32.2 Å². The van der Waals surface area contributed by atoms with Gasteiger partial charge in [0.15, 0.2) is 0 Å². The van der Waals surface area contributed by atoms with Crippen molar-refractivity contribution in [3.05, 3.63) is 114 Å². The number of methoxy groups -OCH3 is 1. The van der Waals surface area contributed by atoms with Crippen molar-refractivity contribution in [1.82, 2.24) is 19.7 Å². The molecular weight excluding hydrogens is 611 g/mol. The molecule has 5 rings (SSSR count). The number of aliphatic hydroxyl groups excluding tert-OH is 1. The number of carbonyl (C=O) groups excluding carboxylic acids is 2. The second-order valence-corrected chi connectivity index (χ2v) is 12.8. The third-order valence-corrected chi connectivity index (χ3v) is 9.05. The highest BCUT2D eigenvalue weighted by atomic mass is 32.2. The van der Waals surface area contributed by atoms with Crippen molar-refractivity contribution in [1.29, 1.82) is 0 Å². The van der Waals surface area contributed by atoms with Crippen molar-refractivity contribution in [3.63, 3.8) is 0 Å². The molecule has 0 saturated carbocycles. The van der Waals surface area contributed by atoms with Crippen molar-refractivity contribution >= 4 is 27.4 Å². The number of ether oxygens (including phenoxy) is 1. The second kappa shape index (κ2) is 13.2. The van der Waals surface area contributed by atoms with Gasteiger partial charge >= 0.3 is 5.97 Å². The number of sulfonamides is 1. The predicted molar refractivity (Wildman–Crippen MR) is 171 cm³/mol. The molecule has 12 heteroatoms. The first-order valence-corrected chi connectivity index (χ1v) is 15.9. The summed E-state index contributed by atoms with van der Waals surface area (Å²) in [5.41, 5.74) is 0.649. The van der Waals surface area contributed by atoms with Crippen molar-refractivity contribution in [2.75, 3.05) is 20.3 Å². The molecule has 0 fully saturated rings. The summed E-state index contributed by atoms with van der Waals surface area (Å²) >= 11 is 0. The monoisotopic (exact) mass is 644 g/mol. The van der Waals surface area contributed by atoms with E-state index in [0.29, 0.717) is 11.1 Å². The Bertz CT molecular complexity index is 2010. The van der Waals surface area contributed by atoms with Gasteiger partial charge in [-0.25, -0.2) is 26.8 Å². The van der Waals surface area contributed by atoms with Crippen LogP contribution in [0.4, 0.5) is 4.39 Å². The summed E-state index contributed by atoms with van der Waals surface area (Å²) in [6, 6.07) is 22.2. The molecule has 0 atom stereocenters. The van der Waals surface area contributed by atoms with E-state index in [-0.39, 0.29) is 52.4 Å². The fraction of sp³-hybridized carbons (Fsp3) is 0.206. The van der Waals surface area contributed by atoms with E-state index in [0.717, 1.165) is 5.56 Å². The summed E-state index contributed by atoms with van der Waals surface area (Å²) in [5.74, 6) is -1.87. The molecule has 0 aliphatic heterocycles. The number of amides is 1. The maximum absolute atomic E-state index is 14.2. The van der Waals surface area contributed by atoms with E-state index in [9.17, 15) is 27.5 Å². The fourth-order valence-corrected chi connectivity index (χ4v) is 6.55. The molecular formula is C34H33FN4O6S. The van der Waals surface area contributed by atoms with Crippen LogP contribution in [0.15, 0.2) is 96.0 Å². The van der Waals surface area contributed by atoms with E-state index in [1.54, 1.807) is 24.4 Å². The Morgan fingerprint density at radius 3 is 2.33 bits per heavy atom. The van der Waals surface area contributed by atoms with Crippen LogP contribution in [0, 0.1) is 5.82 Å². The Hall–Kier alpha value is -4.91. The topological polar surface area (TPSA) is 139 Å². The highest BCUT2D eigenvalue weighted by molar-refractivity contribution is 7.89. The molecule has 0 bridgehead atoms. The number of aliphatic hydroxyl groups is 1. The number of hydrogen-bond donors (Lipinski definition) is 3. The smallest absolute Gasteiger partial charge is 0.342 e. The number of benzene rings is 3. The Morgan fingerprint density at radius 2 is 1.65 bits per heavy atom. The van der Waals surface area contributed by atoms with E-state index in [2.05, 4.69) is 15.1 Å². The molecule has 0 radical (unpaired) electrons. The van der Waals surface area contributed by atoms with E-state index in [1.165, 1.54) is 48.0 Å². The normalized spacial score (nSPS) is 11.8. The van der Waals surface area contributed by atoms with Gasteiger partial charge in [-0.05, 0) is 67.8 Å². The molecule has 3 N–H and O–H groups in total. The molecule has 46 heavy (non-hydrogen) atoms. The van der Waals surface area contributed by atoms with Crippen LogP contribution in [0.3, 0.4) is 0 Å². The molecule has 238 valence electrons. The number of fused-ring (bicyclic) bond motifs is 1. The van der Waals surface area contributed by atoms with E-state index >= 15 is 0 Å². The predicted octanol–water partition coefficient (Wildman–Crippen LogP) is 4.92. The lowest BCUT2D eigenvalue weighted by atomic mass is 9.89. The Morgan fingerprint density at radius 1 is 0.957 bits per heavy atom. The Balaban J connectivity index is 1.86. The van der Waals surface area contributed by atoms with Crippen LogP contribution in [0.5, 0.6) is 0 Å². The van der Waals surface area contributed by atoms with Crippen molar-refractivity contribution in [2.24, 2.45) is 0 Å². The molecule has 10 nitrogen and oxygen atoms in total. The third kappa shape index (κ3) is 6.41. The maximum Gasteiger partial charge on any atom is 0.342 e. The van der Waals surface area contributed by atoms with Crippen LogP contribution in [0.2, 0.25) is 0 Å². The first kappa shape index (κ1) is 32.5. The SMILES string of the molecule is COC(=O)c1c(-c2c(S(=O)(=O)NCCCO)ccc(C(=O)NC(C)(C)c3ccccc3)c2-c2ccc(F)cc2)nn2ccccc12. The lowest BCUT2D eigenvalue weighted by molar-refractivity contribution is 0.0603. The molecule has 0 saturated heterocycles. The third-order valence-electron chi connectivity index (χ3n) is 7.55. The number of nitrogens with one attached hydrogen (secondary N) is 2. The maximum atomic E-state index is 14.2. The lowest BCUT2D eigenvalue weighted by Gasteiger charge is -2.28. The van der Waals surface area contributed by atoms with Crippen LogP contribution >= 0.6 is 0 Å². The number of rotatable bonds is 11. The average Bonchev–Trinajstić information content (AvgIpc) is 3.44. The summed E-state index contributed by atoms with van der Waals surface area (Å²) in [6.45, 7) is 3.35. The minimum absolute atomic E-state index is 0.0274. The largest absolute Gasteiger partial charge is 0.465 e. The zero-order chi connectivity index (χ0) is 33.1. The summed E-state index contributed by atoms with van der Waals surface area (Å²) in [4.78, 5) is 27.2. The van der Waals surface area contributed by atoms with Crippen LogP contribution in [-0.2, 0) is 20.3 Å². The van der Waals surface area contributed by atoms with Crippen LogP contribution in [0.1, 0.15) is 46.5 Å². The van der Waals surface area contributed by atoms with Gasteiger partial charge in [-0.1, -0.05) is 48.5 Å². The van der Waals surface area contributed by atoms with Gasteiger partial charge in [-0.15, -0.1) is 0 Å². The van der Waals surface area contributed by atoms with Gasteiger partial charge in [0.05, 0.1) is 23.1 Å². The molecule has 0 aliphatic carbocycles. The van der Waals surface area contributed by atoms with Gasteiger partial charge in [0.25, 0.3) is 5.91 Å². The quantitative estimate of drug-likeness (QED) is 0.137. The lowest BCUT2D eigenvalue weighted by Crippen LogP contribution is -2.41. The molecule has 1 amide bonds. The molecule has 0 spiro atoms. The number of pyridine rings is 1. The Labute approximate surface area is 265 Å². The van der Waals surface area contributed by atoms with E-state index in [4.69, 9.17) is 4.74 Å². The number of hydrogen-bond acceptors (Lipinski definition) is 7. The minimum atomic E-state index is -4.33. The number of esters is 1. The Kier molecular flexibility index (Phi) is 9.33. The molecule has 2 aromatic heterocycles. The minimum Gasteiger partial charge on any atom is -0.465 e. The number of nitrogens with zero attached hydrogens (tertiary/aromatic N) is 2.